The lowest BCUT2D eigenvalue weighted by atomic mass is 10.1. The summed E-state index contributed by atoms with van der Waals surface area (Å²) in [5.74, 6) is 0.478. The number of amides is 1. The number of aryl methyl sites for hydroxylation is 1. The molecule has 0 unspecified atom stereocenters. The molecule has 0 fully saturated rings. The number of rotatable bonds is 6. The molecule has 31 heavy (non-hydrogen) atoms. The van der Waals surface area contributed by atoms with Gasteiger partial charge < -0.3 is 14.3 Å². The van der Waals surface area contributed by atoms with E-state index in [9.17, 15) is 9.59 Å². The van der Waals surface area contributed by atoms with Gasteiger partial charge in [-0.25, -0.2) is 4.68 Å². The molecule has 0 bridgehead atoms. The minimum Gasteiger partial charge on any atom is -0.463 e. The maximum atomic E-state index is 12.9. The molecule has 0 saturated heterocycles. The van der Waals surface area contributed by atoms with Crippen molar-refractivity contribution in [3.05, 3.63) is 70.8 Å². The Balaban J connectivity index is 1.71. The second-order valence-corrected chi connectivity index (χ2v) is 7.78. The quantitative estimate of drug-likeness (QED) is 0.447. The van der Waals surface area contributed by atoms with Crippen LogP contribution in [0.15, 0.2) is 73.4 Å². The Hall–Kier alpha value is -3.59. The predicted molar refractivity (Wildman–Crippen MR) is 118 cm³/mol. The molecule has 158 valence electrons. The van der Waals surface area contributed by atoms with Crippen LogP contribution in [-0.4, -0.2) is 27.1 Å². The second kappa shape index (κ2) is 8.65. The molecule has 4 aromatic rings. The molecule has 1 amide bonds. The highest BCUT2D eigenvalue weighted by Gasteiger charge is 2.23. The first-order chi connectivity index (χ1) is 15.0. The number of nitrogens with zero attached hydrogens (tertiary/aromatic N) is 3. The SMILES string of the molecule is CSc1cccc(NC(=O)[C@@H](C)n2nc(-c3ccco3)c(-c3cc(C)no3)cc2=O)c1. The van der Waals surface area contributed by atoms with E-state index in [0.29, 0.717) is 34.2 Å². The zero-order chi connectivity index (χ0) is 22.0. The van der Waals surface area contributed by atoms with Crippen molar-refractivity contribution >= 4 is 23.4 Å². The van der Waals surface area contributed by atoms with Gasteiger partial charge in [-0.1, -0.05) is 11.2 Å². The van der Waals surface area contributed by atoms with Gasteiger partial charge in [-0.15, -0.1) is 11.8 Å². The van der Waals surface area contributed by atoms with Crippen LogP contribution >= 0.6 is 11.8 Å². The van der Waals surface area contributed by atoms with Crippen LogP contribution in [-0.2, 0) is 4.79 Å². The van der Waals surface area contributed by atoms with E-state index in [1.807, 2.05) is 24.5 Å². The van der Waals surface area contributed by atoms with Crippen molar-refractivity contribution in [2.75, 3.05) is 11.6 Å². The maximum absolute atomic E-state index is 12.9. The third kappa shape index (κ3) is 4.31. The molecule has 1 aromatic carbocycles. The number of aromatic nitrogens is 3. The van der Waals surface area contributed by atoms with E-state index in [4.69, 9.17) is 8.94 Å². The van der Waals surface area contributed by atoms with Crippen molar-refractivity contribution < 1.29 is 13.7 Å². The largest absolute Gasteiger partial charge is 0.463 e. The van der Waals surface area contributed by atoms with Crippen LogP contribution in [0, 0.1) is 6.92 Å². The van der Waals surface area contributed by atoms with Crippen LogP contribution < -0.4 is 10.9 Å². The Morgan fingerprint density at radius 1 is 1.16 bits per heavy atom. The molecular formula is C22H20N4O4S. The Kier molecular flexibility index (Phi) is 5.77. The highest BCUT2D eigenvalue weighted by molar-refractivity contribution is 7.98. The minimum absolute atomic E-state index is 0.360. The lowest BCUT2D eigenvalue weighted by Crippen LogP contribution is -2.33. The highest BCUT2D eigenvalue weighted by atomic mass is 32.2. The third-order valence-electron chi connectivity index (χ3n) is 4.69. The number of benzene rings is 1. The van der Waals surface area contributed by atoms with E-state index >= 15 is 0 Å². The van der Waals surface area contributed by atoms with Crippen LogP contribution in [0.3, 0.4) is 0 Å². The zero-order valence-corrected chi connectivity index (χ0v) is 18.0. The summed E-state index contributed by atoms with van der Waals surface area (Å²) in [6.45, 7) is 3.40. The number of carbonyl (C=O) groups is 1. The molecule has 0 aliphatic carbocycles. The topological polar surface area (TPSA) is 103 Å². The normalized spacial score (nSPS) is 12.0. The van der Waals surface area contributed by atoms with Crippen LogP contribution in [0.2, 0.25) is 0 Å². The van der Waals surface area contributed by atoms with Crippen molar-refractivity contribution in [1.82, 2.24) is 14.9 Å². The Bertz CT molecular complexity index is 1280. The Labute approximate surface area is 182 Å². The molecule has 0 aliphatic heterocycles. The molecule has 0 aliphatic rings. The lowest BCUT2D eigenvalue weighted by Gasteiger charge is -2.16. The average molecular weight is 436 g/mol. The lowest BCUT2D eigenvalue weighted by molar-refractivity contribution is -0.119. The monoisotopic (exact) mass is 436 g/mol. The fraction of sp³-hybridized carbons (Fsp3) is 0.182. The van der Waals surface area contributed by atoms with Gasteiger partial charge in [0.1, 0.15) is 11.7 Å². The standard InChI is InChI=1S/C22H20N4O4S/c1-13-10-19(30-25-13)17-12-20(27)26(24-21(17)18-8-5-9-29-18)14(2)22(28)23-15-6-4-7-16(11-15)31-3/h4-12,14H,1-3H3,(H,23,28)/t14-/m1/s1. The molecule has 0 radical (unpaired) electrons. The van der Waals surface area contributed by atoms with Crippen LogP contribution in [0.1, 0.15) is 18.7 Å². The van der Waals surface area contributed by atoms with Crippen molar-refractivity contribution in [3.8, 4) is 22.8 Å². The van der Waals surface area contributed by atoms with Crippen LogP contribution in [0.4, 0.5) is 5.69 Å². The van der Waals surface area contributed by atoms with Gasteiger partial charge in [0.05, 0.1) is 17.5 Å². The molecule has 0 spiro atoms. The number of furan rings is 1. The Morgan fingerprint density at radius 3 is 2.68 bits per heavy atom. The van der Waals surface area contributed by atoms with Gasteiger partial charge in [-0.05, 0) is 50.4 Å². The highest BCUT2D eigenvalue weighted by Crippen LogP contribution is 2.30. The van der Waals surface area contributed by atoms with Crippen molar-refractivity contribution in [3.63, 3.8) is 0 Å². The number of thioether (sulfide) groups is 1. The summed E-state index contributed by atoms with van der Waals surface area (Å²) in [6.07, 6.45) is 3.47. The number of nitrogens with one attached hydrogen (secondary N) is 1. The third-order valence-corrected chi connectivity index (χ3v) is 5.41. The first kappa shape index (κ1) is 20.7. The van der Waals surface area contributed by atoms with E-state index in [-0.39, 0.29) is 5.91 Å². The summed E-state index contributed by atoms with van der Waals surface area (Å²) in [5, 5.41) is 11.2. The summed E-state index contributed by atoms with van der Waals surface area (Å²) in [6, 6.07) is 13.2. The van der Waals surface area contributed by atoms with Crippen LogP contribution in [0.25, 0.3) is 22.8 Å². The molecule has 3 heterocycles. The first-order valence-corrected chi connectivity index (χ1v) is 10.7. The fourth-order valence-electron chi connectivity index (χ4n) is 3.08. The summed E-state index contributed by atoms with van der Waals surface area (Å²) in [5.41, 5.74) is 1.70. The van der Waals surface area contributed by atoms with Gasteiger partial charge in [-0.3, -0.25) is 9.59 Å². The summed E-state index contributed by atoms with van der Waals surface area (Å²) >= 11 is 1.58. The van der Waals surface area contributed by atoms with E-state index in [2.05, 4.69) is 15.6 Å². The van der Waals surface area contributed by atoms with Gasteiger partial charge in [0.15, 0.2) is 11.5 Å². The van der Waals surface area contributed by atoms with E-state index in [1.54, 1.807) is 49.9 Å². The van der Waals surface area contributed by atoms with Gasteiger partial charge in [-0.2, -0.15) is 5.10 Å². The van der Waals surface area contributed by atoms with Crippen molar-refractivity contribution in [2.45, 2.75) is 24.8 Å². The summed E-state index contributed by atoms with van der Waals surface area (Å²) < 4.78 is 12.0. The first-order valence-electron chi connectivity index (χ1n) is 9.52. The maximum Gasteiger partial charge on any atom is 0.268 e. The summed E-state index contributed by atoms with van der Waals surface area (Å²) in [4.78, 5) is 26.7. The number of hydrogen-bond donors (Lipinski definition) is 1. The molecular weight excluding hydrogens is 416 g/mol. The second-order valence-electron chi connectivity index (χ2n) is 6.90. The minimum atomic E-state index is -0.857. The van der Waals surface area contributed by atoms with Gasteiger partial charge in [0.2, 0.25) is 5.91 Å². The van der Waals surface area contributed by atoms with Gasteiger partial charge in [0.25, 0.3) is 5.56 Å². The van der Waals surface area contributed by atoms with Crippen molar-refractivity contribution in [2.24, 2.45) is 0 Å². The molecule has 9 heteroatoms. The smallest absolute Gasteiger partial charge is 0.268 e. The van der Waals surface area contributed by atoms with Gasteiger partial charge in [0, 0.05) is 22.7 Å². The molecule has 8 nitrogen and oxygen atoms in total. The zero-order valence-electron chi connectivity index (χ0n) is 17.2. The summed E-state index contributed by atoms with van der Waals surface area (Å²) in [7, 11) is 0. The predicted octanol–water partition coefficient (Wildman–Crippen LogP) is 4.39. The fourth-order valence-corrected chi connectivity index (χ4v) is 3.54. The number of hydrogen-bond acceptors (Lipinski definition) is 7. The van der Waals surface area contributed by atoms with Crippen molar-refractivity contribution in [1.29, 1.82) is 0 Å². The number of anilines is 1. The van der Waals surface area contributed by atoms with E-state index in [0.717, 1.165) is 9.58 Å². The Morgan fingerprint density at radius 2 is 2.00 bits per heavy atom. The molecule has 4 rings (SSSR count). The van der Waals surface area contributed by atoms with Gasteiger partial charge >= 0.3 is 0 Å². The molecule has 3 aromatic heterocycles. The van der Waals surface area contributed by atoms with Crippen LogP contribution in [0.5, 0.6) is 0 Å². The number of carbonyl (C=O) groups excluding carboxylic acids is 1. The average Bonchev–Trinajstić information content (AvgIpc) is 3.45. The van der Waals surface area contributed by atoms with E-state index < -0.39 is 11.6 Å². The molecule has 1 N–H and O–H groups in total. The molecule has 0 saturated carbocycles. The molecule has 1 atom stereocenters. The van der Waals surface area contributed by atoms with E-state index in [1.165, 1.54) is 12.3 Å².